The van der Waals surface area contributed by atoms with Crippen molar-refractivity contribution in [3.05, 3.63) is 11.8 Å². The van der Waals surface area contributed by atoms with Gasteiger partial charge < -0.3 is 19.7 Å². The molecule has 0 atom stereocenters. The van der Waals surface area contributed by atoms with Gasteiger partial charge in [-0.3, -0.25) is 5.10 Å². The standard InChI is InChI=1S/C15H24N4O3/c1-11-10-14(18-17-11)19-6-2-12(3-7-19)16-15(20)22-13-4-8-21-9-5-13/h10,12-13H,2-9H2,1H3,(H,16,20)(H,17,18). The molecule has 1 aromatic heterocycles. The molecule has 3 rings (SSSR count). The molecule has 2 aliphatic rings. The number of ether oxygens (including phenoxy) is 2. The van der Waals surface area contributed by atoms with Crippen LogP contribution in [0.3, 0.4) is 0 Å². The van der Waals surface area contributed by atoms with Gasteiger partial charge >= 0.3 is 6.09 Å². The number of carbonyl (C=O) groups excluding carboxylic acids is 1. The number of rotatable bonds is 3. The number of carbonyl (C=O) groups is 1. The van der Waals surface area contributed by atoms with Crippen LogP contribution in [-0.4, -0.2) is 54.7 Å². The van der Waals surface area contributed by atoms with Crippen LogP contribution < -0.4 is 10.2 Å². The summed E-state index contributed by atoms with van der Waals surface area (Å²) in [5.41, 5.74) is 1.07. The first-order valence-electron chi connectivity index (χ1n) is 8.02. The normalized spacial score (nSPS) is 20.9. The van der Waals surface area contributed by atoms with E-state index in [1.54, 1.807) is 0 Å². The van der Waals surface area contributed by atoms with Gasteiger partial charge in [-0.15, -0.1) is 0 Å². The van der Waals surface area contributed by atoms with Gasteiger partial charge in [0.1, 0.15) is 6.10 Å². The van der Waals surface area contributed by atoms with E-state index in [1.807, 2.05) is 13.0 Å². The summed E-state index contributed by atoms with van der Waals surface area (Å²) < 4.78 is 10.7. The summed E-state index contributed by atoms with van der Waals surface area (Å²) in [6.07, 6.45) is 3.13. The van der Waals surface area contributed by atoms with Crippen LogP contribution in [0.15, 0.2) is 6.07 Å². The Hall–Kier alpha value is -1.76. The number of aryl methyl sites for hydroxylation is 1. The number of nitrogens with one attached hydrogen (secondary N) is 2. The zero-order chi connectivity index (χ0) is 15.4. The average molecular weight is 308 g/mol. The van der Waals surface area contributed by atoms with Crippen molar-refractivity contribution in [3.8, 4) is 0 Å². The zero-order valence-electron chi connectivity index (χ0n) is 13.0. The van der Waals surface area contributed by atoms with E-state index >= 15 is 0 Å². The number of nitrogens with zero attached hydrogens (tertiary/aromatic N) is 2. The van der Waals surface area contributed by atoms with Gasteiger partial charge in [-0.1, -0.05) is 0 Å². The molecule has 3 heterocycles. The number of alkyl carbamates (subject to hydrolysis) is 1. The Kier molecular flexibility index (Phi) is 4.82. The van der Waals surface area contributed by atoms with Gasteiger partial charge in [0.15, 0.2) is 5.82 Å². The van der Waals surface area contributed by atoms with E-state index in [0.29, 0.717) is 13.2 Å². The third kappa shape index (κ3) is 3.91. The molecule has 1 aromatic rings. The molecule has 0 bridgehead atoms. The Morgan fingerprint density at radius 2 is 2.09 bits per heavy atom. The van der Waals surface area contributed by atoms with Crippen molar-refractivity contribution in [2.24, 2.45) is 0 Å². The maximum Gasteiger partial charge on any atom is 0.407 e. The monoisotopic (exact) mass is 308 g/mol. The third-order valence-electron chi connectivity index (χ3n) is 4.28. The van der Waals surface area contributed by atoms with Crippen molar-refractivity contribution < 1.29 is 14.3 Å². The third-order valence-corrected chi connectivity index (χ3v) is 4.28. The maximum absolute atomic E-state index is 11.9. The predicted octanol–water partition coefficient (Wildman–Crippen LogP) is 1.59. The second-order valence-corrected chi connectivity index (χ2v) is 6.03. The lowest BCUT2D eigenvalue weighted by molar-refractivity contribution is 0.000594. The molecule has 22 heavy (non-hydrogen) atoms. The van der Waals surface area contributed by atoms with Crippen LogP contribution in [0.25, 0.3) is 0 Å². The predicted molar refractivity (Wildman–Crippen MR) is 82.0 cm³/mol. The van der Waals surface area contributed by atoms with Crippen molar-refractivity contribution in [1.82, 2.24) is 15.5 Å². The largest absolute Gasteiger partial charge is 0.446 e. The summed E-state index contributed by atoms with van der Waals surface area (Å²) in [5.74, 6) is 0.987. The van der Waals surface area contributed by atoms with Crippen LogP contribution in [0.1, 0.15) is 31.4 Å². The fourth-order valence-corrected chi connectivity index (χ4v) is 2.96. The highest BCUT2D eigenvalue weighted by atomic mass is 16.6. The molecular weight excluding hydrogens is 284 g/mol. The van der Waals surface area contributed by atoms with Gasteiger partial charge in [-0.25, -0.2) is 4.79 Å². The smallest absolute Gasteiger partial charge is 0.407 e. The van der Waals surface area contributed by atoms with Crippen LogP contribution in [0.2, 0.25) is 0 Å². The van der Waals surface area contributed by atoms with Gasteiger partial charge in [0.05, 0.1) is 13.2 Å². The Morgan fingerprint density at radius 1 is 1.36 bits per heavy atom. The van der Waals surface area contributed by atoms with Gasteiger partial charge in [-0.05, 0) is 19.8 Å². The molecule has 0 radical (unpaired) electrons. The molecule has 0 unspecified atom stereocenters. The van der Waals surface area contributed by atoms with Crippen molar-refractivity contribution in [3.63, 3.8) is 0 Å². The lowest BCUT2D eigenvalue weighted by atomic mass is 10.1. The summed E-state index contributed by atoms with van der Waals surface area (Å²) >= 11 is 0. The minimum Gasteiger partial charge on any atom is -0.446 e. The Morgan fingerprint density at radius 3 is 2.73 bits per heavy atom. The van der Waals surface area contributed by atoms with Gasteiger partial charge in [0.2, 0.25) is 0 Å². The molecular formula is C15H24N4O3. The first kappa shape index (κ1) is 15.1. The summed E-state index contributed by atoms with van der Waals surface area (Å²) in [7, 11) is 0. The lowest BCUT2D eigenvalue weighted by Crippen LogP contribution is -2.46. The summed E-state index contributed by atoms with van der Waals surface area (Å²) in [5, 5.41) is 10.2. The van der Waals surface area contributed by atoms with Gasteiger partial charge in [-0.2, -0.15) is 5.10 Å². The van der Waals surface area contributed by atoms with Crippen molar-refractivity contribution in [2.45, 2.75) is 44.8 Å². The van der Waals surface area contributed by atoms with E-state index in [-0.39, 0.29) is 18.2 Å². The summed E-state index contributed by atoms with van der Waals surface area (Å²) in [6.45, 7) is 5.15. The van der Waals surface area contributed by atoms with Crippen LogP contribution in [0.5, 0.6) is 0 Å². The van der Waals surface area contributed by atoms with Crippen LogP contribution in [0, 0.1) is 6.92 Å². The molecule has 2 aliphatic heterocycles. The zero-order valence-corrected chi connectivity index (χ0v) is 13.0. The number of aromatic amines is 1. The summed E-state index contributed by atoms with van der Waals surface area (Å²) in [4.78, 5) is 14.2. The highest BCUT2D eigenvalue weighted by Gasteiger charge is 2.24. The molecule has 2 fully saturated rings. The minimum absolute atomic E-state index is 0.000806. The molecule has 0 aliphatic carbocycles. The molecule has 122 valence electrons. The fourth-order valence-electron chi connectivity index (χ4n) is 2.96. The highest BCUT2D eigenvalue weighted by molar-refractivity contribution is 5.67. The van der Waals surface area contributed by atoms with E-state index in [9.17, 15) is 4.79 Å². The number of hydrogen-bond donors (Lipinski definition) is 2. The molecule has 7 heteroatoms. The quantitative estimate of drug-likeness (QED) is 0.886. The van der Waals surface area contributed by atoms with Crippen LogP contribution in [-0.2, 0) is 9.47 Å². The minimum atomic E-state index is -0.291. The van der Waals surface area contributed by atoms with Crippen molar-refractivity contribution >= 4 is 11.9 Å². The number of H-pyrrole nitrogens is 1. The second-order valence-electron chi connectivity index (χ2n) is 6.03. The van der Waals surface area contributed by atoms with Crippen molar-refractivity contribution in [2.75, 3.05) is 31.2 Å². The topological polar surface area (TPSA) is 79.5 Å². The number of piperidine rings is 1. The van der Waals surface area contributed by atoms with Crippen LogP contribution in [0.4, 0.5) is 10.6 Å². The van der Waals surface area contributed by atoms with E-state index < -0.39 is 0 Å². The molecule has 1 amide bonds. The average Bonchev–Trinajstić information content (AvgIpc) is 2.95. The Balaban J connectivity index is 1.40. The molecule has 0 aromatic carbocycles. The fraction of sp³-hybridized carbons (Fsp3) is 0.733. The summed E-state index contributed by atoms with van der Waals surface area (Å²) in [6, 6.07) is 2.23. The number of hydrogen-bond acceptors (Lipinski definition) is 5. The Bertz CT molecular complexity index is 491. The van der Waals surface area contributed by atoms with Crippen LogP contribution >= 0.6 is 0 Å². The SMILES string of the molecule is Cc1cc(N2CCC(NC(=O)OC3CCOCC3)CC2)n[nH]1. The van der Waals surface area contributed by atoms with E-state index in [2.05, 4.69) is 20.4 Å². The van der Waals surface area contributed by atoms with Gasteiger partial charge in [0, 0.05) is 43.7 Å². The molecule has 0 spiro atoms. The first-order chi connectivity index (χ1) is 10.7. The number of anilines is 1. The molecule has 2 saturated heterocycles. The molecule has 0 saturated carbocycles. The van der Waals surface area contributed by atoms with Crippen molar-refractivity contribution in [1.29, 1.82) is 0 Å². The van der Waals surface area contributed by atoms with E-state index in [0.717, 1.165) is 50.3 Å². The molecule has 2 N–H and O–H groups in total. The highest BCUT2D eigenvalue weighted by Crippen LogP contribution is 2.18. The van der Waals surface area contributed by atoms with E-state index in [1.165, 1.54) is 0 Å². The Labute approximate surface area is 130 Å². The number of aromatic nitrogens is 2. The second kappa shape index (κ2) is 7.00. The van der Waals surface area contributed by atoms with Gasteiger partial charge in [0.25, 0.3) is 0 Å². The van der Waals surface area contributed by atoms with E-state index in [4.69, 9.17) is 9.47 Å². The molecule has 7 nitrogen and oxygen atoms in total. The maximum atomic E-state index is 11.9. The number of amides is 1. The lowest BCUT2D eigenvalue weighted by Gasteiger charge is -2.32. The first-order valence-corrected chi connectivity index (χ1v) is 8.02.